The molecule has 2 heterocycles. The minimum absolute atomic E-state index is 0.138. The van der Waals surface area contributed by atoms with E-state index in [9.17, 15) is 8.42 Å². The number of sulfonamides is 1. The van der Waals surface area contributed by atoms with Crippen LogP contribution in [-0.4, -0.2) is 32.6 Å². The lowest BCUT2D eigenvalue weighted by Gasteiger charge is -2.33. The van der Waals surface area contributed by atoms with Crippen LogP contribution in [0.2, 0.25) is 0 Å². The van der Waals surface area contributed by atoms with Gasteiger partial charge in [-0.2, -0.15) is 0 Å². The summed E-state index contributed by atoms with van der Waals surface area (Å²) in [5.74, 6) is 0.738. The molecule has 0 saturated carbocycles. The Morgan fingerprint density at radius 2 is 1.40 bits per heavy atom. The molecule has 35 heavy (non-hydrogen) atoms. The van der Waals surface area contributed by atoms with Crippen molar-refractivity contribution < 1.29 is 13.2 Å². The number of nitrogens with zero attached hydrogens (tertiary/aromatic N) is 2. The minimum atomic E-state index is -3.69. The Hall–Kier alpha value is -3.84. The average molecular weight is 486 g/mol. The monoisotopic (exact) mass is 485 g/mol. The highest BCUT2D eigenvalue weighted by molar-refractivity contribution is 7.92. The Bertz CT molecular complexity index is 1340. The standard InChI is InChI=1S/C28H27N3O3S/c32-35(33,28-12-6-23(7-13-28)22-4-2-1-3-5-22)30-24-8-10-26(11-9-24)34-27-16-20-31(21-17-27)25-14-18-29-19-15-25/h1-15,18-19,27,30H,16-17,20-21H2. The Labute approximate surface area is 206 Å². The number of anilines is 2. The van der Waals surface area contributed by atoms with Crippen LogP contribution in [0.15, 0.2) is 108 Å². The molecule has 4 aromatic rings. The number of benzene rings is 3. The van der Waals surface area contributed by atoms with Crippen molar-refractivity contribution in [1.82, 2.24) is 4.98 Å². The van der Waals surface area contributed by atoms with Crippen LogP contribution >= 0.6 is 0 Å². The molecule has 5 rings (SSSR count). The first kappa shape index (κ1) is 22.9. The van der Waals surface area contributed by atoms with Gasteiger partial charge in [-0.25, -0.2) is 8.42 Å². The maximum absolute atomic E-state index is 12.8. The maximum Gasteiger partial charge on any atom is 0.261 e. The normalized spacial score (nSPS) is 14.5. The minimum Gasteiger partial charge on any atom is -0.490 e. The van der Waals surface area contributed by atoms with Gasteiger partial charge in [0.15, 0.2) is 0 Å². The fourth-order valence-electron chi connectivity index (χ4n) is 4.25. The van der Waals surface area contributed by atoms with Gasteiger partial charge < -0.3 is 9.64 Å². The second kappa shape index (κ2) is 10.2. The summed E-state index contributed by atoms with van der Waals surface area (Å²) in [6.07, 6.45) is 5.62. The van der Waals surface area contributed by atoms with E-state index in [1.165, 1.54) is 5.69 Å². The first-order chi connectivity index (χ1) is 17.1. The van der Waals surface area contributed by atoms with Gasteiger partial charge in [-0.1, -0.05) is 42.5 Å². The van der Waals surface area contributed by atoms with Crippen LogP contribution in [0.5, 0.6) is 5.75 Å². The molecule has 1 N–H and O–H groups in total. The molecule has 1 saturated heterocycles. The maximum atomic E-state index is 12.8. The van der Waals surface area contributed by atoms with Crippen LogP contribution < -0.4 is 14.4 Å². The van der Waals surface area contributed by atoms with E-state index in [0.717, 1.165) is 42.8 Å². The van der Waals surface area contributed by atoms with Gasteiger partial charge in [0.1, 0.15) is 11.9 Å². The highest BCUT2D eigenvalue weighted by Crippen LogP contribution is 2.26. The summed E-state index contributed by atoms with van der Waals surface area (Å²) in [6.45, 7) is 1.85. The molecule has 0 spiro atoms. The fraction of sp³-hybridized carbons (Fsp3) is 0.179. The lowest BCUT2D eigenvalue weighted by atomic mass is 10.1. The van der Waals surface area contributed by atoms with Crippen LogP contribution in [0.3, 0.4) is 0 Å². The lowest BCUT2D eigenvalue weighted by Crippen LogP contribution is -2.38. The summed E-state index contributed by atoms with van der Waals surface area (Å²) in [7, 11) is -3.69. The first-order valence-corrected chi connectivity index (χ1v) is 13.2. The van der Waals surface area contributed by atoms with Crippen molar-refractivity contribution >= 4 is 21.4 Å². The van der Waals surface area contributed by atoms with Gasteiger partial charge in [-0.05, 0) is 59.7 Å². The van der Waals surface area contributed by atoms with Crippen molar-refractivity contribution in [3.63, 3.8) is 0 Å². The molecule has 0 radical (unpaired) electrons. The van der Waals surface area contributed by atoms with Crippen LogP contribution in [0.25, 0.3) is 11.1 Å². The van der Waals surface area contributed by atoms with Crippen molar-refractivity contribution in [3.8, 4) is 16.9 Å². The smallest absolute Gasteiger partial charge is 0.261 e. The number of piperidine rings is 1. The third-order valence-corrected chi connectivity index (χ3v) is 7.55. The van der Waals surface area contributed by atoms with E-state index in [4.69, 9.17) is 4.74 Å². The van der Waals surface area contributed by atoms with Crippen molar-refractivity contribution in [2.24, 2.45) is 0 Å². The van der Waals surface area contributed by atoms with Crippen LogP contribution in [0.1, 0.15) is 12.8 Å². The van der Waals surface area contributed by atoms with Gasteiger partial charge in [0, 0.05) is 49.7 Å². The van der Waals surface area contributed by atoms with Crippen molar-refractivity contribution in [1.29, 1.82) is 0 Å². The molecule has 0 amide bonds. The van der Waals surface area contributed by atoms with Crippen molar-refractivity contribution in [3.05, 3.63) is 103 Å². The number of aromatic nitrogens is 1. The summed E-state index contributed by atoms with van der Waals surface area (Å²) in [4.78, 5) is 6.64. The molecular weight excluding hydrogens is 458 g/mol. The van der Waals surface area contributed by atoms with E-state index >= 15 is 0 Å². The Kier molecular flexibility index (Phi) is 6.68. The summed E-state index contributed by atoms with van der Waals surface area (Å²) in [5.41, 5.74) is 3.70. The molecule has 0 aliphatic carbocycles. The Balaban J connectivity index is 1.17. The molecule has 1 aliphatic rings. The molecule has 3 aromatic carbocycles. The zero-order valence-corrected chi connectivity index (χ0v) is 20.1. The number of hydrogen-bond donors (Lipinski definition) is 1. The lowest BCUT2D eigenvalue weighted by molar-refractivity contribution is 0.171. The molecule has 0 atom stereocenters. The third-order valence-electron chi connectivity index (χ3n) is 6.15. The van der Waals surface area contributed by atoms with Crippen molar-refractivity contribution in [2.75, 3.05) is 22.7 Å². The number of hydrogen-bond acceptors (Lipinski definition) is 5. The zero-order chi connectivity index (χ0) is 24.1. The van der Waals surface area contributed by atoms with Gasteiger partial charge in [0.25, 0.3) is 10.0 Å². The van der Waals surface area contributed by atoms with E-state index in [1.54, 1.807) is 24.3 Å². The second-order valence-electron chi connectivity index (χ2n) is 8.53. The Morgan fingerprint density at radius 1 is 0.771 bits per heavy atom. The van der Waals surface area contributed by atoms with E-state index < -0.39 is 10.0 Å². The Morgan fingerprint density at radius 3 is 2.06 bits per heavy atom. The van der Waals surface area contributed by atoms with E-state index in [2.05, 4.69) is 14.6 Å². The molecular formula is C28H27N3O3S. The predicted molar refractivity (Wildman–Crippen MR) is 139 cm³/mol. The second-order valence-corrected chi connectivity index (χ2v) is 10.2. The topological polar surface area (TPSA) is 71.5 Å². The number of ether oxygens (including phenoxy) is 1. The fourth-order valence-corrected chi connectivity index (χ4v) is 5.31. The van der Waals surface area contributed by atoms with Gasteiger partial charge in [-0.15, -0.1) is 0 Å². The van der Waals surface area contributed by atoms with Crippen LogP contribution in [0, 0.1) is 0 Å². The van der Waals surface area contributed by atoms with E-state index in [1.807, 2.05) is 79.1 Å². The molecule has 1 fully saturated rings. The molecule has 1 aliphatic heterocycles. The van der Waals surface area contributed by atoms with E-state index in [-0.39, 0.29) is 11.0 Å². The average Bonchev–Trinajstić information content (AvgIpc) is 2.91. The molecule has 0 bridgehead atoms. The van der Waals surface area contributed by atoms with Gasteiger partial charge in [0.2, 0.25) is 0 Å². The zero-order valence-electron chi connectivity index (χ0n) is 19.2. The molecule has 0 unspecified atom stereocenters. The summed E-state index contributed by atoms with van der Waals surface area (Å²) < 4.78 is 34.5. The molecule has 7 heteroatoms. The van der Waals surface area contributed by atoms with Gasteiger partial charge >= 0.3 is 0 Å². The first-order valence-electron chi connectivity index (χ1n) is 11.7. The molecule has 6 nitrogen and oxygen atoms in total. The van der Waals surface area contributed by atoms with Crippen LogP contribution in [-0.2, 0) is 10.0 Å². The largest absolute Gasteiger partial charge is 0.490 e. The quantitative estimate of drug-likeness (QED) is 0.369. The molecule has 178 valence electrons. The number of nitrogens with one attached hydrogen (secondary N) is 1. The highest BCUT2D eigenvalue weighted by atomic mass is 32.2. The summed E-state index contributed by atoms with van der Waals surface area (Å²) >= 11 is 0. The van der Waals surface area contributed by atoms with Crippen LogP contribution in [0.4, 0.5) is 11.4 Å². The SMILES string of the molecule is O=S(=O)(Nc1ccc(OC2CCN(c3ccncc3)CC2)cc1)c1ccc(-c2ccccc2)cc1. The predicted octanol–water partition coefficient (Wildman–Crippen LogP) is 5.60. The van der Waals surface area contributed by atoms with Crippen molar-refractivity contribution in [2.45, 2.75) is 23.8 Å². The van der Waals surface area contributed by atoms with Gasteiger partial charge in [-0.3, -0.25) is 9.71 Å². The number of rotatable bonds is 7. The summed E-state index contributed by atoms with van der Waals surface area (Å²) in [6, 6.07) is 27.9. The number of pyridine rings is 1. The molecule has 1 aromatic heterocycles. The van der Waals surface area contributed by atoms with Gasteiger partial charge in [0.05, 0.1) is 4.90 Å². The van der Waals surface area contributed by atoms with E-state index in [0.29, 0.717) is 5.69 Å². The summed E-state index contributed by atoms with van der Waals surface area (Å²) in [5, 5.41) is 0. The third kappa shape index (κ3) is 5.63. The highest BCUT2D eigenvalue weighted by Gasteiger charge is 2.21.